The molecule has 0 saturated carbocycles. The van der Waals surface area contributed by atoms with Gasteiger partial charge < -0.3 is 16.4 Å². The van der Waals surface area contributed by atoms with Gasteiger partial charge in [0.2, 0.25) is 0 Å². The second kappa shape index (κ2) is 6.58. The number of urea groups is 1. The van der Waals surface area contributed by atoms with Crippen molar-refractivity contribution in [1.29, 1.82) is 0 Å². The number of benzene rings is 1. The number of rotatable bonds is 4. The number of nitrogens with two attached hydrogens (primary N) is 1. The molecule has 0 radical (unpaired) electrons. The maximum absolute atomic E-state index is 13.1. The number of anilines is 1. The zero-order valence-electron chi connectivity index (χ0n) is 8.74. The third-order valence-corrected chi connectivity index (χ3v) is 1.81. The third kappa shape index (κ3) is 4.10. The van der Waals surface area contributed by atoms with Crippen molar-refractivity contribution in [1.82, 2.24) is 5.32 Å². The van der Waals surface area contributed by atoms with Crippen molar-refractivity contribution in [3.05, 3.63) is 42.2 Å². The van der Waals surface area contributed by atoms with E-state index in [0.717, 1.165) is 0 Å². The van der Waals surface area contributed by atoms with Gasteiger partial charge in [-0.3, -0.25) is 0 Å². The molecule has 0 fully saturated rings. The van der Waals surface area contributed by atoms with Gasteiger partial charge in [0.15, 0.2) is 0 Å². The highest BCUT2D eigenvalue weighted by Gasteiger charge is 2.03. The standard InChI is InChI=1S/C11H14FN3O/c12-9-5-1-2-6-10(9)15-11(16)14-8-4-3-7-13/h1-6H,7-8,13H2,(H2,14,15,16)/b4-3+. The van der Waals surface area contributed by atoms with Gasteiger partial charge in [-0.15, -0.1) is 0 Å². The molecule has 0 saturated heterocycles. The largest absolute Gasteiger partial charge is 0.334 e. The van der Waals surface area contributed by atoms with E-state index in [9.17, 15) is 9.18 Å². The van der Waals surface area contributed by atoms with Gasteiger partial charge in [-0.2, -0.15) is 0 Å². The summed E-state index contributed by atoms with van der Waals surface area (Å²) in [5.41, 5.74) is 5.38. The topological polar surface area (TPSA) is 67.1 Å². The lowest BCUT2D eigenvalue weighted by Gasteiger charge is -2.06. The first kappa shape index (κ1) is 12.2. The van der Waals surface area contributed by atoms with Gasteiger partial charge in [0.05, 0.1) is 5.69 Å². The average Bonchev–Trinajstić information content (AvgIpc) is 2.28. The molecule has 0 heterocycles. The molecule has 5 heteroatoms. The Hall–Kier alpha value is -1.88. The highest BCUT2D eigenvalue weighted by molar-refractivity contribution is 5.89. The van der Waals surface area contributed by atoms with Crippen LogP contribution in [0.4, 0.5) is 14.9 Å². The van der Waals surface area contributed by atoms with E-state index in [1.807, 2.05) is 0 Å². The molecule has 2 amide bonds. The lowest BCUT2D eigenvalue weighted by molar-refractivity contribution is 0.253. The number of hydrogen-bond donors (Lipinski definition) is 3. The van der Waals surface area contributed by atoms with Crippen molar-refractivity contribution in [3.63, 3.8) is 0 Å². The van der Waals surface area contributed by atoms with Gasteiger partial charge in [-0.05, 0) is 12.1 Å². The molecule has 86 valence electrons. The fourth-order valence-electron chi connectivity index (χ4n) is 1.06. The van der Waals surface area contributed by atoms with Crippen LogP contribution in [-0.2, 0) is 0 Å². The summed E-state index contributed by atoms with van der Waals surface area (Å²) in [6.45, 7) is 0.786. The monoisotopic (exact) mass is 223 g/mol. The number of hydrogen-bond acceptors (Lipinski definition) is 2. The third-order valence-electron chi connectivity index (χ3n) is 1.81. The fourth-order valence-corrected chi connectivity index (χ4v) is 1.06. The Morgan fingerprint density at radius 2 is 2.12 bits per heavy atom. The molecule has 4 nitrogen and oxygen atoms in total. The van der Waals surface area contributed by atoms with Gasteiger partial charge in [0.1, 0.15) is 5.82 Å². The highest BCUT2D eigenvalue weighted by atomic mass is 19.1. The van der Waals surface area contributed by atoms with Crippen LogP contribution < -0.4 is 16.4 Å². The summed E-state index contributed by atoms with van der Waals surface area (Å²) in [7, 11) is 0. The van der Waals surface area contributed by atoms with Gasteiger partial charge >= 0.3 is 6.03 Å². The molecule has 0 aliphatic heterocycles. The Bertz CT molecular complexity index is 379. The number of para-hydroxylation sites is 1. The number of carbonyl (C=O) groups is 1. The SMILES string of the molecule is NC/C=C/CNC(=O)Nc1ccccc1F. The van der Waals surface area contributed by atoms with Crippen LogP contribution in [0.15, 0.2) is 36.4 Å². The Labute approximate surface area is 93.3 Å². The minimum Gasteiger partial charge on any atom is -0.334 e. The first-order valence-electron chi connectivity index (χ1n) is 4.88. The van der Waals surface area contributed by atoms with E-state index in [4.69, 9.17) is 5.73 Å². The Kier molecular flexibility index (Phi) is 5.01. The van der Waals surface area contributed by atoms with E-state index in [-0.39, 0.29) is 5.69 Å². The predicted octanol–water partition coefficient (Wildman–Crippen LogP) is 1.46. The van der Waals surface area contributed by atoms with Crippen LogP contribution in [0.2, 0.25) is 0 Å². The molecule has 4 N–H and O–H groups in total. The molecular formula is C11H14FN3O. The lowest BCUT2D eigenvalue weighted by Crippen LogP contribution is -2.29. The van der Waals surface area contributed by atoms with Crippen LogP contribution in [0.5, 0.6) is 0 Å². The zero-order chi connectivity index (χ0) is 11.8. The molecular weight excluding hydrogens is 209 g/mol. The van der Waals surface area contributed by atoms with Crippen LogP contribution in [0, 0.1) is 5.82 Å². The number of halogens is 1. The van der Waals surface area contributed by atoms with Crippen LogP contribution in [-0.4, -0.2) is 19.1 Å². The average molecular weight is 223 g/mol. The quantitative estimate of drug-likeness (QED) is 0.676. The predicted molar refractivity (Wildman–Crippen MR) is 61.6 cm³/mol. The maximum atomic E-state index is 13.1. The van der Waals surface area contributed by atoms with Crippen LogP contribution >= 0.6 is 0 Å². The number of amides is 2. The van der Waals surface area contributed by atoms with Crippen molar-refractivity contribution >= 4 is 11.7 Å². The Morgan fingerprint density at radius 1 is 1.38 bits per heavy atom. The van der Waals surface area contributed by atoms with E-state index in [0.29, 0.717) is 13.1 Å². The second-order valence-electron chi connectivity index (χ2n) is 3.02. The van der Waals surface area contributed by atoms with Gasteiger partial charge in [0.25, 0.3) is 0 Å². The van der Waals surface area contributed by atoms with Crippen molar-refractivity contribution in [2.45, 2.75) is 0 Å². The minimum atomic E-state index is -0.463. The van der Waals surface area contributed by atoms with Crippen LogP contribution in [0.1, 0.15) is 0 Å². The second-order valence-corrected chi connectivity index (χ2v) is 3.02. The number of nitrogens with one attached hydrogen (secondary N) is 2. The Balaban J connectivity index is 2.40. The van der Waals surface area contributed by atoms with E-state index >= 15 is 0 Å². The first-order chi connectivity index (χ1) is 7.74. The fraction of sp³-hybridized carbons (Fsp3) is 0.182. The molecule has 0 atom stereocenters. The summed E-state index contributed by atoms with van der Waals surface area (Å²) in [5.74, 6) is -0.463. The molecule has 16 heavy (non-hydrogen) atoms. The van der Waals surface area contributed by atoms with E-state index in [1.165, 1.54) is 12.1 Å². The normalized spacial score (nSPS) is 10.4. The van der Waals surface area contributed by atoms with Crippen molar-refractivity contribution in [3.8, 4) is 0 Å². The molecule has 0 unspecified atom stereocenters. The Morgan fingerprint density at radius 3 is 2.81 bits per heavy atom. The molecule has 1 aromatic rings. The van der Waals surface area contributed by atoms with E-state index in [2.05, 4.69) is 10.6 Å². The molecule has 0 bridgehead atoms. The summed E-state index contributed by atoms with van der Waals surface area (Å²) in [4.78, 5) is 11.3. The zero-order valence-corrected chi connectivity index (χ0v) is 8.74. The minimum absolute atomic E-state index is 0.155. The number of carbonyl (C=O) groups excluding carboxylic acids is 1. The molecule has 1 aromatic carbocycles. The summed E-state index contributed by atoms with van der Waals surface area (Å²) < 4.78 is 13.1. The summed E-state index contributed by atoms with van der Waals surface area (Å²) in [6.07, 6.45) is 3.45. The van der Waals surface area contributed by atoms with Crippen molar-refractivity contribution < 1.29 is 9.18 Å². The summed E-state index contributed by atoms with van der Waals surface area (Å²) in [5, 5.41) is 4.93. The smallest absolute Gasteiger partial charge is 0.319 e. The van der Waals surface area contributed by atoms with E-state index in [1.54, 1.807) is 24.3 Å². The van der Waals surface area contributed by atoms with Crippen molar-refractivity contribution in [2.75, 3.05) is 18.4 Å². The lowest BCUT2D eigenvalue weighted by atomic mass is 10.3. The van der Waals surface area contributed by atoms with Gasteiger partial charge in [-0.25, -0.2) is 9.18 Å². The van der Waals surface area contributed by atoms with E-state index < -0.39 is 11.8 Å². The molecule has 0 aromatic heterocycles. The van der Waals surface area contributed by atoms with Crippen LogP contribution in [0.25, 0.3) is 0 Å². The summed E-state index contributed by atoms with van der Waals surface area (Å²) >= 11 is 0. The maximum Gasteiger partial charge on any atom is 0.319 e. The molecule has 0 spiro atoms. The molecule has 0 aliphatic rings. The molecule has 0 aliphatic carbocycles. The molecule has 1 rings (SSSR count). The first-order valence-corrected chi connectivity index (χ1v) is 4.88. The highest BCUT2D eigenvalue weighted by Crippen LogP contribution is 2.11. The van der Waals surface area contributed by atoms with Gasteiger partial charge in [-0.1, -0.05) is 24.3 Å². The summed E-state index contributed by atoms with van der Waals surface area (Å²) in [6, 6.07) is 5.52. The van der Waals surface area contributed by atoms with Gasteiger partial charge in [0, 0.05) is 13.1 Å². The van der Waals surface area contributed by atoms with Crippen molar-refractivity contribution in [2.24, 2.45) is 5.73 Å². The van der Waals surface area contributed by atoms with Crippen LogP contribution in [0.3, 0.4) is 0 Å².